The molecule has 1 rings (SSSR count). The summed E-state index contributed by atoms with van der Waals surface area (Å²) in [4.78, 5) is 5.32. The van der Waals surface area contributed by atoms with E-state index in [-0.39, 0.29) is 5.11 Å². The van der Waals surface area contributed by atoms with E-state index in [1.807, 2.05) is 0 Å². The SMILES string of the molecule is CC(c1ccc(C(F)(F)F)nc1)=S(C)(=O)NC(=S)N(C)C. The smallest absolute Gasteiger partial charge is 0.355 e. The number of halogens is 3. The molecule has 9 heteroatoms. The minimum atomic E-state index is -4.50. The second-order valence-electron chi connectivity index (χ2n) is 4.63. The molecule has 1 unspecified atom stereocenters. The van der Waals surface area contributed by atoms with Crippen LogP contribution in [0.25, 0.3) is 0 Å². The molecular weight excluding hydrogens is 323 g/mol. The summed E-state index contributed by atoms with van der Waals surface area (Å²) in [5.41, 5.74) is -0.622. The molecule has 0 aliphatic carbocycles. The number of hydrogen-bond donors (Lipinski definition) is 1. The molecule has 1 N–H and O–H groups in total. The zero-order valence-corrected chi connectivity index (χ0v) is 13.6. The maximum absolute atomic E-state index is 12.6. The highest BCUT2D eigenvalue weighted by Crippen LogP contribution is 2.27. The lowest BCUT2D eigenvalue weighted by Crippen LogP contribution is -2.40. The molecule has 0 bridgehead atoms. The Morgan fingerprint density at radius 2 is 1.95 bits per heavy atom. The van der Waals surface area contributed by atoms with Crippen LogP contribution < -0.4 is 4.72 Å². The summed E-state index contributed by atoms with van der Waals surface area (Å²) in [6.45, 7) is 1.57. The molecular formula is C12H16F3N3OS2. The molecule has 0 radical (unpaired) electrons. The molecule has 0 amide bonds. The van der Waals surface area contributed by atoms with E-state index >= 15 is 0 Å². The second kappa shape index (κ2) is 6.18. The highest BCUT2D eigenvalue weighted by molar-refractivity contribution is 8.01. The fourth-order valence-corrected chi connectivity index (χ4v) is 3.05. The molecule has 0 aromatic carbocycles. The normalized spacial score (nSPS) is 14.2. The van der Waals surface area contributed by atoms with Crippen LogP contribution >= 0.6 is 12.2 Å². The lowest BCUT2D eigenvalue weighted by atomic mass is 10.2. The van der Waals surface area contributed by atoms with Crippen LogP contribution in [0.15, 0.2) is 18.3 Å². The lowest BCUT2D eigenvalue weighted by molar-refractivity contribution is -0.141. The average molecular weight is 339 g/mol. The maximum atomic E-state index is 12.6. The molecule has 1 atom stereocenters. The summed E-state index contributed by atoms with van der Waals surface area (Å²) in [7, 11) is 0.695. The Balaban J connectivity index is 3.17. The van der Waals surface area contributed by atoms with E-state index in [2.05, 4.69) is 9.71 Å². The molecule has 0 fully saturated rings. The summed E-state index contributed by atoms with van der Waals surface area (Å²) in [6, 6.07) is 2.10. The van der Waals surface area contributed by atoms with Gasteiger partial charge in [-0.15, -0.1) is 0 Å². The molecule has 0 spiro atoms. The number of thiocarbonyl (C=S) groups is 1. The average Bonchev–Trinajstić information content (AvgIpc) is 2.36. The summed E-state index contributed by atoms with van der Waals surface area (Å²) in [5, 5.41) is 0.279. The van der Waals surface area contributed by atoms with E-state index in [0.717, 1.165) is 12.3 Å². The van der Waals surface area contributed by atoms with Crippen molar-refractivity contribution in [2.75, 3.05) is 20.4 Å². The van der Waals surface area contributed by atoms with Crippen molar-refractivity contribution in [3.05, 3.63) is 29.6 Å². The molecule has 1 aromatic rings. The Bertz CT molecular complexity index is 645. The van der Waals surface area contributed by atoms with E-state index in [1.165, 1.54) is 12.3 Å². The number of rotatable bonds is 2. The van der Waals surface area contributed by atoms with Gasteiger partial charge in [-0.05, 0) is 25.2 Å². The van der Waals surface area contributed by atoms with Crippen molar-refractivity contribution >= 4 is 31.9 Å². The van der Waals surface area contributed by atoms with Crippen molar-refractivity contribution in [3.63, 3.8) is 0 Å². The Morgan fingerprint density at radius 1 is 1.38 bits per heavy atom. The second-order valence-corrected chi connectivity index (χ2v) is 7.52. The van der Waals surface area contributed by atoms with Gasteiger partial charge in [-0.2, -0.15) is 13.2 Å². The van der Waals surface area contributed by atoms with Crippen molar-refractivity contribution in [2.45, 2.75) is 13.1 Å². The lowest BCUT2D eigenvalue weighted by Gasteiger charge is -2.19. The van der Waals surface area contributed by atoms with E-state index in [1.54, 1.807) is 25.9 Å². The van der Waals surface area contributed by atoms with Gasteiger partial charge in [0.2, 0.25) is 0 Å². The van der Waals surface area contributed by atoms with Crippen LogP contribution in [-0.2, 0) is 15.9 Å². The molecule has 0 saturated carbocycles. The Hall–Kier alpha value is -1.35. The van der Waals surface area contributed by atoms with Crippen LogP contribution in [0.3, 0.4) is 0 Å². The Morgan fingerprint density at radius 3 is 2.33 bits per heavy atom. The minimum Gasteiger partial charge on any atom is -0.355 e. The van der Waals surface area contributed by atoms with Gasteiger partial charge < -0.3 is 4.90 Å². The van der Waals surface area contributed by atoms with Crippen LogP contribution in [0.5, 0.6) is 0 Å². The van der Waals surface area contributed by atoms with Gasteiger partial charge in [0.25, 0.3) is 0 Å². The van der Waals surface area contributed by atoms with Gasteiger partial charge in [0.1, 0.15) is 5.69 Å². The fourth-order valence-electron chi connectivity index (χ4n) is 1.33. The van der Waals surface area contributed by atoms with Crippen molar-refractivity contribution in [1.82, 2.24) is 14.6 Å². The molecule has 0 aliphatic rings. The number of nitrogens with zero attached hydrogens (tertiary/aromatic N) is 2. The highest BCUT2D eigenvalue weighted by Gasteiger charge is 2.32. The number of alkyl halides is 3. The number of hydrogen-bond acceptors (Lipinski definition) is 3. The summed E-state index contributed by atoms with van der Waals surface area (Å²) >= 11 is 5.02. The fraction of sp³-hybridized carbons (Fsp3) is 0.417. The van der Waals surface area contributed by atoms with Gasteiger partial charge in [0.05, 0.1) is 9.71 Å². The number of nitrogens with one attached hydrogen (secondary N) is 1. The first-order chi connectivity index (χ1) is 9.45. The summed E-state index contributed by atoms with van der Waals surface area (Å²) in [6.07, 6.45) is -2.00. The molecule has 1 aromatic heterocycles. The maximum Gasteiger partial charge on any atom is 0.433 e. The first-order valence-corrected chi connectivity index (χ1v) is 8.18. The Labute approximate surface area is 127 Å². The van der Waals surface area contributed by atoms with E-state index in [0.29, 0.717) is 10.4 Å². The largest absolute Gasteiger partial charge is 0.433 e. The summed E-state index contributed by atoms with van der Waals surface area (Å²) in [5.74, 6) is 0. The molecule has 0 aliphatic heterocycles. The van der Waals surface area contributed by atoms with Crippen LogP contribution in [0.4, 0.5) is 13.2 Å². The van der Waals surface area contributed by atoms with Gasteiger partial charge in [0, 0.05) is 37.0 Å². The van der Waals surface area contributed by atoms with Gasteiger partial charge in [0.15, 0.2) is 5.11 Å². The zero-order valence-electron chi connectivity index (χ0n) is 12.0. The third kappa shape index (κ3) is 4.57. The Kier molecular flexibility index (Phi) is 5.21. The van der Waals surface area contributed by atoms with Gasteiger partial charge in [-0.1, -0.05) is 6.07 Å². The monoisotopic (exact) mass is 339 g/mol. The van der Waals surface area contributed by atoms with Crippen LogP contribution in [0.2, 0.25) is 0 Å². The van der Waals surface area contributed by atoms with Crippen LogP contribution in [-0.4, -0.2) is 44.4 Å². The molecule has 0 saturated heterocycles. The summed E-state index contributed by atoms with van der Waals surface area (Å²) < 4.78 is 52.6. The molecule has 21 heavy (non-hydrogen) atoms. The quantitative estimate of drug-likeness (QED) is 0.660. The topological polar surface area (TPSA) is 45.2 Å². The zero-order chi connectivity index (χ0) is 16.4. The highest BCUT2D eigenvalue weighted by atomic mass is 32.2. The van der Waals surface area contributed by atoms with Crippen molar-refractivity contribution < 1.29 is 17.4 Å². The van der Waals surface area contributed by atoms with Crippen molar-refractivity contribution in [2.24, 2.45) is 0 Å². The molecule has 118 valence electrons. The van der Waals surface area contributed by atoms with E-state index in [9.17, 15) is 17.4 Å². The third-order valence-corrected chi connectivity index (χ3v) is 5.32. The number of pyridine rings is 1. The van der Waals surface area contributed by atoms with Gasteiger partial charge in [-0.3, -0.25) is 9.71 Å². The van der Waals surface area contributed by atoms with Crippen LogP contribution in [0.1, 0.15) is 18.2 Å². The standard InChI is InChI=1S/C12H16F3N3OS2/c1-8(21(4,19)17-11(20)18(2)3)9-5-6-10(16-7-9)12(13,14)15/h5-7H,1-4H3,(H,17,19,20). The van der Waals surface area contributed by atoms with E-state index < -0.39 is 21.6 Å². The van der Waals surface area contributed by atoms with Crippen molar-refractivity contribution in [1.29, 1.82) is 0 Å². The predicted molar refractivity (Wildman–Crippen MR) is 82.5 cm³/mol. The van der Waals surface area contributed by atoms with Crippen LogP contribution in [0, 0.1) is 0 Å². The molecule has 1 heterocycles. The third-order valence-electron chi connectivity index (χ3n) is 2.73. The first-order valence-electron chi connectivity index (χ1n) is 5.80. The van der Waals surface area contributed by atoms with Crippen molar-refractivity contribution in [3.8, 4) is 0 Å². The van der Waals surface area contributed by atoms with Gasteiger partial charge in [-0.25, -0.2) is 4.21 Å². The first kappa shape index (κ1) is 17.7. The van der Waals surface area contributed by atoms with Gasteiger partial charge >= 0.3 is 6.18 Å². The minimum absolute atomic E-state index is 0.279. The molecule has 4 nitrogen and oxygen atoms in total. The predicted octanol–water partition coefficient (Wildman–Crippen LogP) is 1.91. The van der Waals surface area contributed by atoms with E-state index in [4.69, 9.17) is 12.2 Å². The number of aromatic nitrogens is 1.